The SMILES string of the molecule is CCC[C@@H]1CCC[C@@H]([C@@H](O)c2cccc(F)c2)C1. The van der Waals surface area contributed by atoms with Gasteiger partial charge in [-0.3, -0.25) is 0 Å². The molecule has 1 aliphatic carbocycles. The molecule has 0 unspecified atom stereocenters. The van der Waals surface area contributed by atoms with Crippen molar-refractivity contribution in [3.63, 3.8) is 0 Å². The first-order valence-corrected chi connectivity index (χ1v) is 7.14. The van der Waals surface area contributed by atoms with Crippen molar-refractivity contribution >= 4 is 0 Å². The van der Waals surface area contributed by atoms with Crippen molar-refractivity contribution in [3.8, 4) is 0 Å². The van der Waals surface area contributed by atoms with Crippen LogP contribution < -0.4 is 0 Å². The molecule has 1 aliphatic rings. The molecule has 0 aromatic heterocycles. The molecule has 0 aliphatic heterocycles. The van der Waals surface area contributed by atoms with Gasteiger partial charge in [0.1, 0.15) is 5.82 Å². The Morgan fingerprint density at radius 1 is 1.39 bits per heavy atom. The van der Waals surface area contributed by atoms with Crippen LogP contribution in [-0.2, 0) is 0 Å². The number of benzene rings is 1. The van der Waals surface area contributed by atoms with Gasteiger partial charge in [-0.25, -0.2) is 4.39 Å². The minimum atomic E-state index is -0.500. The van der Waals surface area contributed by atoms with Crippen molar-refractivity contribution in [3.05, 3.63) is 35.6 Å². The molecule has 0 heterocycles. The molecule has 3 atom stereocenters. The van der Waals surface area contributed by atoms with Crippen molar-refractivity contribution < 1.29 is 9.50 Å². The second-order valence-electron chi connectivity index (χ2n) is 5.58. The Labute approximate surface area is 109 Å². The molecule has 1 N–H and O–H groups in total. The molecule has 18 heavy (non-hydrogen) atoms. The minimum Gasteiger partial charge on any atom is -0.388 e. The van der Waals surface area contributed by atoms with Crippen LogP contribution in [0.1, 0.15) is 57.1 Å². The molecule has 2 rings (SSSR count). The average Bonchev–Trinajstić information content (AvgIpc) is 2.39. The predicted molar refractivity (Wildman–Crippen MR) is 71.7 cm³/mol. The summed E-state index contributed by atoms with van der Waals surface area (Å²) in [4.78, 5) is 0. The smallest absolute Gasteiger partial charge is 0.123 e. The first-order valence-electron chi connectivity index (χ1n) is 7.14. The van der Waals surface area contributed by atoms with E-state index < -0.39 is 6.10 Å². The molecule has 1 fully saturated rings. The van der Waals surface area contributed by atoms with Crippen LogP contribution in [-0.4, -0.2) is 5.11 Å². The highest BCUT2D eigenvalue weighted by Gasteiger charge is 2.27. The molecule has 0 bridgehead atoms. The molecule has 1 saturated carbocycles. The Morgan fingerprint density at radius 2 is 2.22 bits per heavy atom. The summed E-state index contributed by atoms with van der Waals surface area (Å²) in [6, 6.07) is 6.41. The number of rotatable bonds is 4. The van der Waals surface area contributed by atoms with Crippen LogP contribution in [0, 0.1) is 17.7 Å². The van der Waals surface area contributed by atoms with Crippen LogP contribution in [0.25, 0.3) is 0 Å². The second-order valence-corrected chi connectivity index (χ2v) is 5.58. The van der Waals surface area contributed by atoms with E-state index >= 15 is 0 Å². The normalized spacial score (nSPS) is 25.9. The lowest BCUT2D eigenvalue weighted by molar-refractivity contribution is 0.0665. The zero-order valence-corrected chi connectivity index (χ0v) is 11.1. The lowest BCUT2D eigenvalue weighted by Gasteiger charge is -2.32. The van der Waals surface area contributed by atoms with E-state index in [1.807, 2.05) is 6.07 Å². The minimum absolute atomic E-state index is 0.257. The van der Waals surface area contributed by atoms with E-state index in [4.69, 9.17) is 0 Å². The summed E-state index contributed by atoms with van der Waals surface area (Å²) in [7, 11) is 0. The largest absolute Gasteiger partial charge is 0.388 e. The van der Waals surface area contributed by atoms with Crippen LogP contribution >= 0.6 is 0 Å². The number of hydrogen-bond donors (Lipinski definition) is 1. The summed E-state index contributed by atoms with van der Waals surface area (Å²) in [6.07, 6.45) is 6.62. The van der Waals surface area contributed by atoms with Crippen molar-refractivity contribution in [1.82, 2.24) is 0 Å². The summed E-state index contributed by atoms with van der Waals surface area (Å²) >= 11 is 0. The van der Waals surface area contributed by atoms with Gasteiger partial charge in [-0.1, -0.05) is 44.7 Å². The fourth-order valence-electron chi connectivity index (χ4n) is 3.25. The second kappa shape index (κ2) is 6.33. The lowest BCUT2D eigenvalue weighted by atomic mass is 9.76. The molecule has 1 aromatic carbocycles. The summed E-state index contributed by atoms with van der Waals surface area (Å²) in [5.74, 6) is 0.793. The maximum Gasteiger partial charge on any atom is 0.123 e. The quantitative estimate of drug-likeness (QED) is 0.836. The molecule has 100 valence electrons. The maximum absolute atomic E-state index is 13.2. The lowest BCUT2D eigenvalue weighted by Crippen LogP contribution is -2.21. The van der Waals surface area contributed by atoms with Crippen LogP contribution in [0.5, 0.6) is 0 Å². The zero-order valence-electron chi connectivity index (χ0n) is 11.1. The first-order chi connectivity index (χ1) is 8.70. The van der Waals surface area contributed by atoms with Crippen LogP contribution in [0.15, 0.2) is 24.3 Å². The van der Waals surface area contributed by atoms with Crippen molar-refractivity contribution in [2.45, 2.75) is 51.6 Å². The van der Waals surface area contributed by atoms with Crippen molar-refractivity contribution in [2.24, 2.45) is 11.8 Å². The average molecular weight is 250 g/mol. The summed E-state index contributed by atoms with van der Waals surface area (Å²) < 4.78 is 13.2. The third-order valence-corrected chi connectivity index (χ3v) is 4.16. The van der Waals surface area contributed by atoms with Crippen molar-refractivity contribution in [2.75, 3.05) is 0 Å². The van der Waals surface area contributed by atoms with Gasteiger partial charge in [0.15, 0.2) is 0 Å². The Morgan fingerprint density at radius 3 is 2.94 bits per heavy atom. The Kier molecular flexibility index (Phi) is 4.76. The number of aliphatic hydroxyl groups is 1. The van der Waals surface area contributed by atoms with Crippen LogP contribution in [0.4, 0.5) is 4.39 Å². The van der Waals surface area contributed by atoms with Crippen LogP contribution in [0.3, 0.4) is 0 Å². The van der Waals surface area contributed by atoms with Crippen molar-refractivity contribution in [1.29, 1.82) is 0 Å². The third kappa shape index (κ3) is 3.32. The first kappa shape index (κ1) is 13.5. The van der Waals surface area contributed by atoms with E-state index in [2.05, 4.69) is 6.92 Å². The van der Waals surface area contributed by atoms with Gasteiger partial charge < -0.3 is 5.11 Å². The van der Waals surface area contributed by atoms with E-state index in [-0.39, 0.29) is 5.82 Å². The molecule has 0 amide bonds. The maximum atomic E-state index is 13.2. The van der Waals surface area contributed by atoms with E-state index in [0.29, 0.717) is 5.92 Å². The number of aliphatic hydroxyl groups excluding tert-OH is 1. The fourth-order valence-corrected chi connectivity index (χ4v) is 3.25. The molecule has 0 radical (unpaired) electrons. The van der Waals surface area contributed by atoms with Gasteiger partial charge in [-0.05, 0) is 42.4 Å². The molecule has 0 saturated heterocycles. The van der Waals surface area contributed by atoms with Crippen LogP contribution in [0.2, 0.25) is 0 Å². The highest BCUT2D eigenvalue weighted by atomic mass is 19.1. The summed E-state index contributed by atoms with van der Waals surface area (Å²) in [5.41, 5.74) is 0.733. The predicted octanol–water partition coefficient (Wildman–Crippen LogP) is 4.47. The topological polar surface area (TPSA) is 20.2 Å². The number of hydrogen-bond acceptors (Lipinski definition) is 1. The van der Waals surface area contributed by atoms with E-state index in [0.717, 1.165) is 24.3 Å². The Balaban J connectivity index is 2.02. The fraction of sp³-hybridized carbons (Fsp3) is 0.625. The number of halogens is 1. The third-order valence-electron chi connectivity index (χ3n) is 4.16. The zero-order chi connectivity index (χ0) is 13.0. The van der Waals surface area contributed by atoms with E-state index in [1.165, 1.54) is 37.8 Å². The van der Waals surface area contributed by atoms with Gasteiger partial charge in [0.25, 0.3) is 0 Å². The molecule has 1 nitrogen and oxygen atoms in total. The summed E-state index contributed by atoms with van der Waals surface area (Å²) in [5, 5.41) is 10.4. The standard InChI is InChI=1S/C16H23FO/c1-2-5-12-6-3-7-13(10-12)16(18)14-8-4-9-15(17)11-14/h4,8-9,11-13,16,18H,2-3,5-7,10H2,1H3/t12-,13-,16-/m1/s1. The van der Waals surface area contributed by atoms with E-state index in [9.17, 15) is 9.50 Å². The monoisotopic (exact) mass is 250 g/mol. The van der Waals surface area contributed by atoms with Gasteiger partial charge in [0.05, 0.1) is 6.10 Å². The van der Waals surface area contributed by atoms with Gasteiger partial charge >= 0.3 is 0 Å². The Hall–Kier alpha value is -0.890. The Bertz CT molecular complexity index is 375. The molecular weight excluding hydrogens is 227 g/mol. The van der Waals surface area contributed by atoms with Gasteiger partial charge in [0, 0.05) is 0 Å². The highest BCUT2D eigenvalue weighted by molar-refractivity contribution is 5.19. The molecule has 1 aromatic rings. The highest BCUT2D eigenvalue weighted by Crippen LogP contribution is 2.38. The van der Waals surface area contributed by atoms with Gasteiger partial charge in [0.2, 0.25) is 0 Å². The molecule has 2 heteroatoms. The van der Waals surface area contributed by atoms with Gasteiger partial charge in [-0.15, -0.1) is 0 Å². The molecule has 0 spiro atoms. The van der Waals surface area contributed by atoms with E-state index in [1.54, 1.807) is 6.07 Å². The molecular formula is C16H23FO. The summed E-state index contributed by atoms with van der Waals surface area (Å²) in [6.45, 7) is 2.21. The van der Waals surface area contributed by atoms with Gasteiger partial charge in [-0.2, -0.15) is 0 Å².